The van der Waals surface area contributed by atoms with Crippen LogP contribution in [0.4, 0.5) is 4.79 Å². The molecule has 0 spiro atoms. The molecule has 0 saturated carbocycles. The molecule has 0 aromatic heterocycles. The maximum atomic E-state index is 13.0. The van der Waals surface area contributed by atoms with Crippen molar-refractivity contribution in [3.8, 4) is 0 Å². The van der Waals surface area contributed by atoms with Gasteiger partial charge >= 0.3 is 18.0 Å². The second-order valence-electron chi connectivity index (χ2n) is 6.32. The van der Waals surface area contributed by atoms with E-state index in [0.29, 0.717) is 5.56 Å². The summed E-state index contributed by atoms with van der Waals surface area (Å²) < 4.78 is 15.4. The summed E-state index contributed by atoms with van der Waals surface area (Å²) in [5.74, 6) is -1.81. The van der Waals surface area contributed by atoms with Crippen molar-refractivity contribution < 1.29 is 38.2 Å². The van der Waals surface area contributed by atoms with Gasteiger partial charge in [-0.25, -0.2) is 4.79 Å². The molecule has 2 bridgehead atoms. The number of hydrogen-bond acceptors (Lipinski definition) is 8. The third-order valence-corrected chi connectivity index (χ3v) is 4.40. The zero-order chi connectivity index (χ0) is 20.4. The van der Waals surface area contributed by atoms with Crippen LogP contribution in [-0.4, -0.2) is 72.0 Å². The number of carbonyl (C=O) groups is 4. The number of esters is 2. The highest BCUT2D eigenvalue weighted by atomic mass is 16.7. The molecule has 150 valence electrons. The normalized spacial score (nSPS) is 25.8. The highest BCUT2D eigenvalue weighted by Gasteiger charge is 2.59. The van der Waals surface area contributed by atoms with Crippen molar-refractivity contribution in [2.75, 3.05) is 13.7 Å². The Labute approximate surface area is 160 Å². The van der Waals surface area contributed by atoms with E-state index in [9.17, 15) is 19.2 Å². The van der Waals surface area contributed by atoms with E-state index < -0.39 is 48.4 Å². The van der Waals surface area contributed by atoms with E-state index in [4.69, 9.17) is 19.0 Å². The first-order chi connectivity index (χ1) is 13.3. The molecular weight excluding hydrogens is 372 g/mol. The second kappa shape index (κ2) is 7.85. The van der Waals surface area contributed by atoms with E-state index in [1.807, 2.05) is 0 Å². The van der Waals surface area contributed by atoms with Crippen LogP contribution in [0.1, 0.15) is 24.2 Å². The Hall–Kier alpha value is -3.14. The van der Waals surface area contributed by atoms with Crippen molar-refractivity contribution in [1.82, 2.24) is 9.96 Å². The van der Waals surface area contributed by atoms with Crippen molar-refractivity contribution in [3.63, 3.8) is 0 Å². The van der Waals surface area contributed by atoms with E-state index >= 15 is 0 Å². The van der Waals surface area contributed by atoms with Crippen molar-refractivity contribution >= 4 is 23.9 Å². The number of hydroxylamine groups is 2. The summed E-state index contributed by atoms with van der Waals surface area (Å²) in [5.41, 5.74) is 0.311. The van der Waals surface area contributed by atoms with E-state index in [-0.39, 0.29) is 6.54 Å². The fourth-order valence-corrected chi connectivity index (χ4v) is 3.36. The number of methoxy groups -OCH3 is 1. The van der Waals surface area contributed by atoms with Crippen LogP contribution >= 0.6 is 0 Å². The standard InChI is InChI=1S/C18H20N2O8/c1-10(21)26-14-13-9-19(18(24)25-3)16(15(14)27-11(2)22)20(28-13)17(23)12-7-5-4-6-8-12/h4-8,13-16H,9H2,1-3H3/t13-,14+,15+,16-/m1/s1. The average molecular weight is 392 g/mol. The predicted octanol–water partition coefficient (Wildman–Crippen LogP) is 0.714. The number of carbonyl (C=O) groups excluding carboxylic acids is 4. The fourth-order valence-electron chi connectivity index (χ4n) is 3.36. The van der Waals surface area contributed by atoms with Gasteiger partial charge in [0.15, 0.2) is 18.4 Å². The highest BCUT2D eigenvalue weighted by Crippen LogP contribution is 2.36. The summed E-state index contributed by atoms with van der Waals surface area (Å²) in [4.78, 5) is 55.4. The predicted molar refractivity (Wildman–Crippen MR) is 91.5 cm³/mol. The van der Waals surface area contributed by atoms with E-state index in [1.54, 1.807) is 30.3 Å². The smallest absolute Gasteiger partial charge is 0.411 e. The zero-order valence-electron chi connectivity index (χ0n) is 15.6. The molecular formula is C18H20N2O8. The lowest BCUT2D eigenvalue weighted by atomic mass is 9.95. The maximum Gasteiger partial charge on any atom is 0.411 e. The monoisotopic (exact) mass is 392 g/mol. The number of fused-ring (bicyclic) bond motifs is 3. The van der Waals surface area contributed by atoms with Crippen LogP contribution in [0.3, 0.4) is 0 Å². The summed E-state index contributed by atoms with van der Waals surface area (Å²) in [6.07, 6.45) is -4.95. The first-order valence-corrected chi connectivity index (χ1v) is 8.58. The summed E-state index contributed by atoms with van der Waals surface area (Å²) in [7, 11) is 1.19. The molecule has 3 fully saturated rings. The summed E-state index contributed by atoms with van der Waals surface area (Å²) in [5, 5.41) is 0.966. The van der Waals surface area contributed by atoms with Crippen LogP contribution in [0.25, 0.3) is 0 Å². The van der Waals surface area contributed by atoms with Gasteiger partial charge in [-0.3, -0.25) is 24.1 Å². The molecule has 10 nitrogen and oxygen atoms in total. The molecule has 0 N–H and O–H groups in total. The van der Waals surface area contributed by atoms with Gasteiger partial charge in [-0.15, -0.1) is 0 Å². The Morgan fingerprint density at radius 1 is 1.00 bits per heavy atom. The lowest BCUT2D eigenvalue weighted by Gasteiger charge is -2.55. The molecule has 28 heavy (non-hydrogen) atoms. The van der Waals surface area contributed by atoms with Crippen LogP contribution in [0.5, 0.6) is 0 Å². The van der Waals surface area contributed by atoms with Crippen molar-refractivity contribution in [2.24, 2.45) is 0 Å². The molecule has 4 rings (SSSR count). The van der Waals surface area contributed by atoms with Gasteiger partial charge in [-0.2, -0.15) is 5.06 Å². The van der Waals surface area contributed by atoms with Gasteiger partial charge in [0.05, 0.1) is 13.7 Å². The molecule has 2 amide bonds. The van der Waals surface area contributed by atoms with E-state index in [0.717, 1.165) is 5.06 Å². The van der Waals surface area contributed by atoms with Gasteiger partial charge in [0.2, 0.25) is 0 Å². The quantitative estimate of drug-likeness (QED) is 0.546. The number of rotatable bonds is 3. The molecule has 1 aromatic rings. The number of benzene rings is 1. The van der Waals surface area contributed by atoms with E-state index in [2.05, 4.69) is 0 Å². The van der Waals surface area contributed by atoms with Gasteiger partial charge in [-0.1, -0.05) is 18.2 Å². The first-order valence-electron chi connectivity index (χ1n) is 8.58. The highest BCUT2D eigenvalue weighted by molar-refractivity contribution is 5.94. The summed E-state index contributed by atoms with van der Waals surface area (Å²) in [6.45, 7) is 2.38. The molecule has 0 radical (unpaired) electrons. The van der Waals surface area contributed by atoms with Crippen molar-refractivity contribution in [3.05, 3.63) is 35.9 Å². The van der Waals surface area contributed by atoms with Crippen molar-refractivity contribution in [1.29, 1.82) is 0 Å². The minimum Gasteiger partial charge on any atom is -0.455 e. The minimum atomic E-state index is -1.17. The molecule has 0 unspecified atom stereocenters. The maximum absolute atomic E-state index is 13.0. The Bertz CT molecular complexity index is 783. The number of nitrogens with zero attached hydrogens (tertiary/aromatic N) is 2. The van der Waals surface area contributed by atoms with Crippen LogP contribution in [0.15, 0.2) is 30.3 Å². The molecule has 10 heteroatoms. The third-order valence-electron chi connectivity index (χ3n) is 4.40. The molecule has 3 aliphatic rings. The van der Waals surface area contributed by atoms with Crippen LogP contribution in [0.2, 0.25) is 0 Å². The minimum absolute atomic E-state index is 0.00831. The number of amides is 2. The largest absolute Gasteiger partial charge is 0.455 e. The Morgan fingerprint density at radius 2 is 1.61 bits per heavy atom. The van der Waals surface area contributed by atoms with Crippen LogP contribution in [-0.2, 0) is 28.6 Å². The molecule has 0 aliphatic carbocycles. The topological polar surface area (TPSA) is 112 Å². The average Bonchev–Trinajstić information content (AvgIpc) is 2.68. The molecule has 1 aromatic carbocycles. The van der Waals surface area contributed by atoms with Crippen LogP contribution < -0.4 is 0 Å². The summed E-state index contributed by atoms with van der Waals surface area (Å²) in [6, 6.07) is 8.28. The van der Waals surface area contributed by atoms with Crippen LogP contribution in [0, 0.1) is 0 Å². The molecule has 4 atom stereocenters. The lowest BCUT2D eigenvalue weighted by Crippen LogP contribution is -2.76. The number of piperidine rings is 1. The lowest BCUT2D eigenvalue weighted by molar-refractivity contribution is -0.339. The van der Waals surface area contributed by atoms with Gasteiger partial charge in [-0.05, 0) is 12.1 Å². The van der Waals surface area contributed by atoms with Gasteiger partial charge in [0, 0.05) is 19.4 Å². The van der Waals surface area contributed by atoms with Gasteiger partial charge < -0.3 is 14.2 Å². The van der Waals surface area contributed by atoms with Gasteiger partial charge in [0.1, 0.15) is 6.10 Å². The first kappa shape index (κ1) is 19.6. The Balaban J connectivity index is 2.00. The molecule has 3 aliphatic heterocycles. The molecule has 3 heterocycles. The Kier molecular flexibility index (Phi) is 5.50. The Morgan fingerprint density at radius 3 is 2.18 bits per heavy atom. The summed E-state index contributed by atoms with van der Waals surface area (Å²) >= 11 is 0. The fraction of sp³-hybridized carbons (Fsp3) is 0.444. The number of ether oxygens (including phenoxy) is 3. The zero-order valence-corrected chi connectivity index (χ0v) is 15.6. The SMILES string of the molecule is COC(=O)N1C[C@H]2ON(C(=O)c3ccccc3)[C@@H]1[C@@H](OC(C)=O)[C@H]2OC(C)=O. The van der Waals surface area contributed by atoms with E-state index in [1.165, 1.54) is 25.9 Å². The van der Waals surface area contributed by atoms with Crippen molar-refractivity contribution in [2.45, 2.75) is 38.3 Å². The van der Waals surface area contributed by atoms with Gasteiger partial charge in [0.25, 0.3) is 5.91 Å². The second-order valence-corrected chi connectivity index (χ2v) is 6.32. The number of hydrogen-bond donors (Lipinski definition) is 0. The third kappa shape index (κ3) is 3.63. The molecule has 3 saturated heterocycles.